The summed E-state index contributed by atoms with van der Waals surface area (Å²) in [4.78, 5) is 36.6. The van der Waals surface area contributed by atoms with Crippen molar-refractivity contribution < 1.29 is 42.9 Å². The van der Waals surface area contributed by atoms with Gasteiger partial charge >= 0.3 is 11.9 Å². The average molecular weight is 692 g/mol. The number of allylic oxidation sites excluding steroid dienone is 8. The van der Waals surface area contributed by atoms with Crippen LogP contribution >= 0.6 is 0 Å². The van der Waals surface area contributed by atoms with E-state index in [1.807, 2.05) is 21.1 Å². The number of carboxylic acids is 1. The van der Waals surface area contributed by atoms with Crippen LogP contribution in [0.25, 0.3) is 0 Å². The minimum atomic E-state index is -1.63. The highest BCUT2D eigenvalue weighted by Gasteiger charge is 2.21. The van der Waals surface area contributed by atoms with E-state index in [1.165, 1.54) is 38.5 Å². The summed E-state index contributed by atoms with van der Waals surface area (Å²) in [5.74, 6) is -2.35. The van der Waals surface area contributed by atoms with Crippen molar-refractivity contribution in [2.75, 3.05) is 47.5 Å². The molecule has 0 aromatic heterocycles. The lowest BCUT2D eigenvalue weighted by atomic mass is 10.1. The van der Waals surface area contributed by atoms with Crippen LogP contribution in [0.1, 0.15) is 129 Å². The van der Waals surface area contributed by atoms with E-state index in [-0.39, 0.29) is 38.6 Å². The molecule has 0 N–H and O–H groups in total. The fourth-order valence-corrected chi connectivity index (χ4v) is 4.64. The lowest BCUT2D eigenvalue weighted by molar-refractivity contribution is -0.870. The number of ether oxygens (including phenoxy) is 4. The van der Waals surface area contributed by atoms with Crippen molar-refractivity contribution in [2.45, 2.75) is 142 Å². The van der Waals surface area contributed by atoms with Crippen LogP contribution in [0.2, 0.25) is 0 Å². The average Bonchev–Trinajstić information content (AvgIpc) is 3.05. The van der Waals surface area contributed by atoms with Crippen molar-refractivity contribution in [3.8, 4) is 0 Å². The topological polar surface area (TPSA) is 111 Å². The number of carbonyl (C=O) groups is 3. The Kier molecular flexibility index (Phi) is 30.6. The second kappa shape index (κ2) is 32.5. The fourth-order valence-electron chi connectivity index (χ4n) is 4.64. The summed E-state index contributed by atoms with van der Waals surface area (Å²) < 4.78 is 22.3. The molecule has 0 rings (SSSR count). The molecular weight excluding hydrogens is 622 g/mol. The van der Waals surface area contributed by atoms with Crippen LogP contribution in [0.3, 0.4) is 0 Å². The first kappa shape index (κ1) is 46.2. The lowest BCUT2D eigenvalue weighted by Crippen LogP contribution is -2.44. The van der Waals surface area contributed by atoms with Crippen LogP contribution in [0.15, 0.2) is 48.6 Å². The highest BCUT2D eigenvalue weighted by atomic mass is 16.7. The van der Waals surface area contributed by atoms with Crippen molar-refractivity contribution in [3.05, 3.63) is 48.6 Å². The summed E-state index contributed by atoms with van der Waals surface area (Å²) in [7, 11) is 5.87. The summed E-state index contributed by atoms with van der Waals surface area (Å²) in [5.41, 5.74) is 0. The van der Waals surface area contributed by atoms with Gasteiger partial charge in [-0.1, -0.05) is 114 Å². The van der Waals surface area contributed by atoms with Gasteiger partial charge in [-0.15, -0.1) is 0 Å². The van der Waals surface area contributed by atoms with Crippen LogP contribution < -0.4 is 5.11 Å². The molecule has 9 heteroatoms. The van der Waals surface area contributed by atoms with E-state index in [1.54, 1.807) is 0 Å². The number of unbranched alkanes of at least 4 members (excludes halogenated alkanes) is 10. The van der Waals surface area contributed by atoms with Crippen LogP contribution in [0, 0.1) is 0 Å². The Labute approximate surface area is 298 Å². The molecule has 0 amide bonds. The zero-order chi connectivity index (χ0) is 36.4. The number of esters is 2. The van der Waals surface area contributed by atoms with E-state index >= 15 is 0 Å². The summed E-state index contributed by atoms with van der Waals surface area (Å²) in [6.07, 6.45) is 31.5. The van der Waals surface area contributed by atoms with Crippen molar-refractivity contribution in [1.29, 1.82) is 0 Å². The normalized spacial score (nSPS) is 13.6. The maximum atomic E-state index is 12.6. The Morgan fingerprint density at radius 1 is 0.633 bits per heavy atom. The van der Waals surface area contributed by atoms with E-state index in [0.717, 1.165) is 57.8 Å². The van der Waals surface area contributed by atoms with Crippen molar-refractivity contribution in [1.82, 2.24) is 0 Å². The number of nitrogens with zero attached hydrogens (tertiary/aromatic N) is 1. The number of aliphatic carboxylic acids is 1. The van der Waals surface area contributed by atoms with E-state index < -0.39 is 24.3 Å². The molecule has 9 nitrogen and oxygen atoms in total. The zero-order valence-corrected chi connectivity index (χ0v) is 31.5. The Balaban J connectivity index is 4.64. The maximum Gasteiger partial charge on any atom is 0.306 e. The van der Waals surface area contributed by atoms with E-state index in [0.29, 0.717) is 17.4 Å². The predicted molar refractivity (Wildman–Crippen MR) is 195 cm³/mol. The summed E-state index contributed by atoms with van der Waals surface area (Å²) >= 11 is 0. The number of quaternary nitrogens is 1. The Morgan fingerprint density at radius 2 is 1.16 bits per heavy atom. The van der Waals surface area contributed by atoms with E-state index in [4.69, 9.17) is 18.9 Å². The monoisotopic (exact) mass is 692 g/mol. The number of hydrogen-bond acceptors (Lipinski definition) is 8. The van der Waals surface area contributed by atoms with Gasteiger partial charge in [-0.25, -0.2) is 0 Å². The minimum Gasteiger partial charge on any atom is -0.545 e. The van der Waals surface area contributed by atoms with Crippen molar-refractivity contribution >= 4 is 17.9 Å². The largest absolute Gasteiger partial charge is 0.545 e. The summed E-state index contributed by atoms with van der Waals surface area (Å²) in [6.45, 7) is 4.51. The quantitative estimate of drug-likeness (QED) is 0.0228. The van der Waals surface area contributed by atoms with Gasteiger partial charge in [-0.3, -0.25) is 9.59 Å². The van der Waals surface area contributed by atoms with E-state index in [2.05, 4.69) is 62.5 Å². The van der Waals surface area contributed by atoms with Crippen LogP contribution in [-0.4, -0.2) is 82.3 Å². The number of carbonyl (C=O) groups excluding carboxylic acids is 3. The van der Waals surface area contributed by atoms with Gasteiger partial charge in [-0.2, -0.15) is 0 Å². The third kappa shape index (κ3) is 33.5. The molecule has 282 valence electrons. The molecular formula is C40H69NO8. The van der Waals surface area contributed by atoms with Crippen LogP contribution in [-0.2, 0) is 33.3 Å². The van der Waals surface area contributed by atoms with Gasteiger partial charge in [0.15, 0.2) is 12.4 Å². The van der Waals surface area contributed by atoms with Gasteiger partial charge in [0.1, 0.15) is 13.2 Å². The van der Waals surface area contributed by atoms with E-state index in [9.17, 15) is 19.5 Å². The predicted octanol–water partition coefficient (Wildman–Crippen LogP) is 7.54. The van der Waals surface area contributed by atoms with Gasteiger partial charge in [0, 0.05) is 12.8 Å². The highest BCUT2D eigenvalue weighted by Crippen LogP contribution is 2.12. The molecule has 0 spiro atoms. The van der Waals surface area contributed by atoms with Crippen molar-refractivity contribution in [3.63, 3.8) is 0 Å². The summed E-state index contributed by atoms with van der Waals surface area (Å²) in [6, 6.07) is 0. The Hall–Kier alpha value is -2.75. The first-order valence-corrected chi connectivity index (χ1v) is 18.8. The molecule has 49 heavy (non-hydrogen) atoms. The molecule has 2 unspecified atom stereocenters. The lowest BCUT2D eigenvalue weighted by Gasteiger charge is -2.26. The number of carboxylic acid groups (broad SMARTS) is 1. The Bertz CT molecular complexity index is 950. The second-order valence-electron chi connectivity index (χ2n) is 13.5. The van der Waals surface area contributed by atoms with Crippen molar-refractivity contribution in [2.24, 2.45) is 0 Å². The molecule has 0 aromatic rings. The zero-order valence-electron chi connectivity index (χ0n) is 31.5. The van der Waals surface area contributed by atoms with Gasteiger partial charge in [0.2, 0.25) is 0 Å². The number of rotatable bonds is 33. The SMILES string of the molecule is CC/C=C\C/C=C\C/C=C\C/C=C\CCCCC(=O)OC(COC(=O)CCCCCCCCCCC)COC(OCC[N+](C)(C)C)C(=O)[O-]. The van der Waals surface area contributed by atoms with Gasteiger partial charge < -0.3 is 33.3 Å². The molecule has 0 saturated heterocycles. The minimum absolute atomic E-state index is 0.138. The number of hydrogen-bond donors (Lipinski definition) is 0. The second-order valence-corrected chi connectivity index (χ2v) is 13.5. The van der Waals surface area contributed by atoms with Crippen LogP contribution in [0.4, 0.5) is 0 Å². The first-order valence-electron chi connectivity index (χ1n) is 18.8. The number of likely N-dealkylation sites (N-methyl/N-ethyl adjacent to an activating group) is 1. The van der Waals surface area contributed by atoms with Crippen LogP contribution in [0.5, 0.6) is 0 Å². The van der Waals surface area contributed by atoms with Gasteiger partial charge in [0.25, 0.3) is 0 Å². The Morgan fingerprint density at radius 3 is 1.73 bits per heavy atom. The third-order valence-corrected chi connectivity index (χ3v) is 7.59. The molecule has 0 aromatic carbocycles. The molecule has 0 bridgehead atoms. The molecule has 0 aliphatic carbocycles. The molecule has 0 aliphatic heterocycles. The first-order chi connectivity index (χ1) is 23.6. The third-order valence-electron chi connectivity index (χ3n) is 7.59. The summed E-state index contributed by atoms with van der Waals surface area (Å²) in [5, 5.41) is 11.6. The molecule has 0 saturated carbocycles. The fraction of sp³-hybridized carbons (Fsp3) is 0.725. The molecule has 0 fully saturated rings. The molecule has 0 aliphatic rings. The molecule has 2 atom stereocenters. The van der Waals surface area contributed by atoms with Gasteiger partial charge in [0.05, 0.1) is 40.3 Å². The highest BCUT2D eigenvalue weighted by molar-refractivity contribution is 5.70. The molecule has 0 heterocycles. The molecule has 0 radical (unpaired) electrons. The van der Waals surface area contributed by atoms with Gasteiger partial charge in [-0.05, 0) is 51.4 Å². The standard InChI is InChI=1S/C40H69NO8/c1-6-8-10-12-14-16-17-18-19-20-21-23-25-27-29-31-38(43)49-36(35-48-40(39(44)45)46-33-32-41(3,4)5)34-47-37(42)30-28-26-24-22-15-13-11-9-7-2/h8,10,14,16,18-19,21,23,36,40H,6-7,9,11-13,15,17,20,22,24-35H2,1-5H3/b10-8-,16-14-,19-18-,23-21-. The maximum absolute atomic E-state index is 12.6. The smallest absolute Gasteiger partial charge is 0.306 e.